The summed E-state index contributed by atoms with van der Waals surface area (Å²) in [5.74, 6) is -0.862. The zero-order valence-corrected chi connectivity index (χ0v) is 16.5. The summed E-state index contributed by atoms with van der Waals surface area (Å²) < 4.78 is 10.9. The van der Waals surface area contributed by atoms with Gasteiger partial charge >= 0.3 is 5.97 Å². The average Bonchev–Trinajstić information content (AvgIpc) is 2.65. The van der Waals surface area contributed by atoms with Crippen molar-refractivity contribution in [3.8, 4) is 5.75 Å². The fourth-order valence-corrected chi connectivity index (χ4v) is 3.10. The van der Waals surface area contributed by atoms with Gasteiger partial charge < -0.3 is 14.8 Å². The van der Waals surface area contributed by atoms with E-state index < -0.39 is 11.9 Å². The second-order valence-electron chi connectivity index (χ2n) is 5.61. The van der Waals surface area contributed by atoms with Crippen molar-refractivity contribution in [1.82, 2.24) is 0 Å². The summed E-state index contributed by atoms with van der Waals surface area (Å²) in [6.45, 7) is -0.350. The maximum Gasteiger partial charge on any atom is 0.339 e. The summed E-state index contributed by atoms with van der Waals surface area (Å²) in [5.41, 5.74) is 1.01. The Morgan fingerprint density at radius 3 is 2.81 bits per heavy atom. The fourth-order valence-electron chi connectivity index (χ4n) is 2.57. The predicted octanol–water partition coefficient (Wildman–Crippen LogP) is 3.25. The fraction of sp³-hybridized carbons (Fsp3) is 0.167. The first-order valence-corrected chi connectivity index (χ1v) is 8.96. The van der Waals surface area contributed by atoms with E-state index in [4.69, 9.17) is 16.3 Å². The van der Waals surface area contributed by atoms with Gasteiger partial charge in [-0.2, -0.15) is 0 Å². The van der Waals surface area contributed by atoms with Gasteiger partial charge in [0, 0.05) is 10.2 Å². The number of carbonyl (C=O) groups excluding carboxylic acids is 3. The van der Waals surface area contributed by atoms with Crippen LogP contribution >= 0.6 is 27.5 Å². The molecule has 0 radical (unpaired) electrons. The molecule has 0 fully saturated rings. The largest absolute Gasteiger partial charge is 0.482 e. The number of hydrogen-bond acceptors (Lipinski definition) is 5. The number of esters is 1. The highest BCUT2D eigenvalue weighted by molar-refractivity contribution is 9.10. The third kappa shape index (κ3) is 4.23. The van der Waals surface area contributed by atoms with Gasteiger partial charge in [0.25, 0.3) is 5.91 Å². The minimum Gasteiger partial charge on any atom is -0.482 e. The van der Waals surface area contributed by atoms with Gasteiger partial charge in [0.05, 0.1) is 23.4 Å². The van der Waals surface area contributed by atoms with Crippen molar-refractivity contribution in [1.29, 1.82) is 0 Å². The van der Waals surface area contributed by atoms with Crippen LogP contribution in [0.2, 0.25) is 5.02 Å². The van der Waals surface area contributed by atoms with Crippen LogP contribution in [0.5, 0.6) is 5.75 Å². The van der Waals surface area contributed by atoms with E-state index in [1.165, 1.54) is 24.1 Å². The number of rotatable bonds is 4. The maximum absolute atomic E-state index is 12.4. The van der Waals surface area contributed by atoms with Gasteiger partial charge in [-0.05, 0) is 36.4 Å². The molecule has 1 N–H and O–H groups in total. The molecule has 1 heterocycles. The number of halogens is 2. The lowest BCUT2D eigenvalue weighted by atomic mass is 10.2. The molecule has 0 unspecified atom stereocenters. The zero-order valence-electron chi connectivity index (χ0n) is 14.1. The van der Waals surface area contributed by atoms with Gasteiger partial charge in [-0.25, -0.2) is 4.79 Å². The molecule has 0 aromatic heterocycles. The van der Waals surface area contributed by atoms with Gasteiger partial charge in [-0.3, -0.25) is 14.5 Å². The Hall–Kier alpha value is -2.58. The topological polar surface area (TPSA) is 84.9 Å². The van der Waals surface area contributed by atoms with Crippen molar-refractivity contribution in [3.63, 3.8) is 0 Å². The number of nitrogens with zero attached hydrogens (tertiary/aromatic N) is 1. The molecule has 27 heavy (non-hydrogen) atoms. The second-order valence-corrected chi connectivity index (χ2v) is 6.94. The lowest BCUT2D eigenvalue weighted by Crippen LogP contribution is -2.43. The number of methoxy groups -OCH3 is 1. The lowest BCUT2D eigenvalue weighted by molar-refractivity contribution is -0.123. The molecule has 0 saturated carbocycles. The Bertz CT molecular complexity index is 934. The van der Waals surface area contributed by atoms with Crippen LogP contribution in [0.15, 0.2) is 40.9 Å². The van der Waals surface area contributed by atoms with Gasteiger partial charge in [-0.1, -0.05) is 27.5 Å². The smallest absolute Gasteiger partial charge is 0.339 e. The zero-order chi connectivity index (χ0) is 19.6. The third-order valence-electron chi connectivity index (χ3n) is 3.82. The van der Waals surface area contributed by atoms with Crippen molar-refractivity contribution in [2.24, 2.45) is 0 Å². The molecule has 2 aromatic rings. The normalized spacial score (nSPS) is 12.9. The van der Waals surface area contributed by atoms with E-state index in [2.05, 4.69) is 26.0 Å². The predicted molar refractivity (Wildman–Crippen MR) is 103 cm³/mol. The highest BCUT2D eigenvalue weighted by Gasteiger charge is 2.27. The van der Waals surface area contributed by atoms with Crippen LogP contribution in [0.3, 0.4) is 0 Å². The Balaban J connectivity index is 1.77. The number of ether oxygens (including phenoxy) is 2. The molecular formula is C18H14BrClN2O5. The van der Waals surface area contributed by atoms with E-state index in [0.29, 0.717) is 17.1 Å². The minimum absolute atomic E-state index is 0.134. The Labute approximate surface area is 168 Å². The van der Waals surface area contributed by atoms with Crippen LogP contribution in [0, 0.1) is 0 Å². The summed E-state index contributed by atoms with van der Waals surface area (Å²) in [6, 6.07) is 9.64. The molecule has 2 aromatic carbocycles. The Morgan fingerprint density at radius 1 is 1.30 bits per heavy atom. The molecular weight excluding hydrogens is 440 g/mol. The van der Waals surface area contributed by atoms with Gasteiger partial charge in [0.15, 0.2) is 6.61 Å². The number of amides is 2. The number of carbonyl (C=O) groups is 3. The number of benzene rings is 2. The van der Waals surface area contributed by atoms with E-state index in [-0.39, 0.29) is 29.6 Å². The summed E-state index contributed by atoms with van der Waals surface area (Å²) in [4.78, 5) is 37.7. The molecule has 0 bridgehead atoms. The van der Waals surface area contributed by atoms with E-state index in [9.17, 15) is 14.4 Å². The average molecular weight is 454 g/mol. The molecule has 0 saturated heterocycles. The van der Waals surface area contributed by atoms with Crippen molar-refractivity contribution in [3.05, 3.63) is 51.5 Å². The molecule has 2 amide bonds. The van der Waals surface area contributed by atoms with Crippen molar-refractivity contribution in [2.45, 2.75) is 0 Å². The van der Waals surface area contributed by atoms with Gasteiger partial charge in [0.2, 0.25) is 5.91 Å². The highest BCUT2D eigenvalue weighted by atomic mass is 79.9. The SMILES string of the molecule is COC(=O)c1cc(NC(=O)CN2C(=O)COc3cc(Br)ccc32)ccc1Cl. The summed E-state index contributed by atoms with van der Waals surface area (Å²) in [5, 5.41) is 2.86. The van der Waals surface area contributed by atoms with Crippen LogP contribution < -0.4 is 15.0 Å². The van der Waals surface area contributed by atoms with Crippen molar-refractivity contribution >= 4 is 56.7 Å². The molecule has 1 aliphatic heterocycles. The van der Waals surface area contributed by atoms with Gasteiger partial charge in [-0.15, -0.1) is 0 Å². The van der Waals surface area contributed by atoms with Crippen LogP contribution in [0.1, 0.15) is 10.4 Å². The molecule has 0 spiro atoms. The number of hydrogen-bond donors (Lipinski definition) is 1. The second kappa shape index (κ2) is 7.98. The molecule has 0 atom stereocenters. The first-order valence-electron chi connectivity index (χ1n) is 7.79. The van der Waals surface area contributed by atoms with Crippen molar-refractivity contribution < 1.29 is 23.9 Å². The van der Waals surface area contributed by atoms with Crippen LogP contribution in [-0.4, -0.2) is 38.0 Å². The maximum atomic E-state index is 12.4. The molecule has 3 rings (SSSR count). The molecule has 140 valence electrons. The van der Waals surface area contributed by atoms with Crippen LogP contribution in [0.4, 0.5) is 11.4 Å². The van der Waals surface area contributed by atoms with E-state index in [1.807, 2.05) is 0 Å². The minimum atomic E-state index is -0.612. The van der Waals surface area contributed by atoms with Gasteiger partial charge in [0.1, 0.15) is 12.3 Å². The summed E-state index contributed by atoms with van der Waals surface area (Å²) in [7, 11) is 1.24. The van der Waals surface area contributed by atoms with Crippen molar-refractivity contribution in [2.75, 3.05) is 30.5 Å². The van der Waals surface area contributed by atoms with E-state index in [1.54, 1.807) is 24.3 Å². The number of nitrogens with one attached hydrogen (secondary N) is 1. The first-order chi connectivity index (χ1) is 12.9. The summed E-state index contributed by atoms with van der Waals surface area (Å²) >= 11 is 9.31. The van der Waals surface area contributed by atoms with E-state index >= 15 is 0 Å². The number of anilines is 2. The Morgan fingerprint density at radius 2 is 2.07 bits per heavy atom. The first kappa shape index (κ1) is 19.2. The molecule has 1 aliphatic rings. The third-order valence-corrected chi connectivity index (χ3v) is 4.64. The molecule has 7 nitrogen and oxygen atoms in total. The quantitative estimate of drug-likeness (QED) is 0.718. The molecule has 9 heteroatoms. The summed E-state index contributed by atoms with van der Waals surface area (Å²) in [6.07, 6.45) is 0. The van der Waals surface area contributed by atoms with Crippen LogP contribution in [-0.2, 0) is 14.3 Å². The Kier molecular flexibility index (Phi) is 5.67. The standard InChI is InChI=1S/C18H14BrClN2O5/c1-26-18(25)12-7-11(3-4-13(12)20)21-16(23)8-22-14-5-2-10(19)6-15(14)27-9-17(22)24/h2-7H,8-9H2,1H3,(H,21,23). The van der Waals surface area contributed by atoms with E-state index in [0.717, 1.165) is 4.47 Å². The highest BCUT2D eigenvalue weighted by Crippen LogP contribution is 2.34. The number of fused-ring (bicyclic) bond motifs is 1. The monoisotopic (exact) mass is 452 g/mol. The van der Waals surface area contributed by atoms with Crippen LogP contribution in [0.25, 0.3) is 0 Å². The molecule has 0 aliphatic carbocycles. The lowest BCUT2D eigenvalue weighted by Gasteiger charge is -2.29.